The first-order valence-corrected chi connectivity index (χ1v) is 7.72. The van der Waals surface area contributed by atoms with Gasteiger partial charge in [0.1, 0.15) is 0 Å². The summed E-state index contributed by atoms with van der Waals surface area (Å²) in [6.45, 7) is 4.22. The zero-order valence-electron chi connectivity index (χ0n) is 12.7. The number of hydrogen-bond donors (Lipinski definition) is 1. The highest BCUT2D eigenvalue weighted by molar-refractivity contribution is 5.68. The maximum Gasteiger partial charge on any atom is 0.0957 e. The second kappa shape index (κ2) is 5.86. The number of para-hydroxylation sites is 1. The van der Waals surface area contributed by atoms with E-state index in [0.717, 1.165) is 24.2 Å². The fraction of sp³-hybridized carbons (Fsp3) is 0.389. The summed E-state index contributed by atoms with van der Waals surface area (Å²) in [7, 11) is 0. The molecule has 21 heavy (non-hydrogen) atoms. The van der Waals surface area contributed by atoms with Crippen LogP contribution in [-0.4, -0.2) is 16.1 Å². The molecule has 0 amide bonds. The molecule has 0 radical (unpaired) electrons. The van der Waals surface area contributed by atoms with Crippen LogP contribution in [0.25, 0.3) is 0 Å². The Morgan fingerprint density at radius 1 is 1.29 bits per heavy atom. The highest BCUT2D eigenvalue weighted by Gasteiger charge is 2.24. The lowest BCUT2D eigenvalue weighted by molar-refractivity contribution is 0.169. The lowest BCUT2D eigenvalue weighted by Gasteiger charge is -2.37. The minimum absolute atomic E-state index is 0.462. The van der Waals surface area contributed by atoms with E-state index >= 15 is 0 Å². The molecule has 0 saturated carbocycles. The van der Waals surface area contributed by atoms with Gasteiger partial charge in [0.25, 0.3) is 0 Å². The van der Waals surface area contributed by atoms with Crippen molar-refractivity contribution in [2.24, 2.45) is 0 Å². The number of benzene rings is 1. The second-order valence-electron chi connectivity index (χ2n) is 5.75. The molecule has 2 aromatic rings. The number of nitrogens with zero attached hydrogens (tertiary/aromatic N) is 2. The summed E-state index contributed by atoms with van der Waals surface area (Å²) in [5, 5.41) is 9.86. The summed E-state index contributed by atoms with van der Waals surface area (Å²) in [5.41, 5.74) is 4.52. The lowest BCUT2D eigenvalue weighted by Crippen LogP contribution is -2.33. The molecule has 1 aliphatic heterocycles. The van der Waals surface area contributed by atoms with E-state index in [-0.39, 0.29) is 0 Å². The lowest BCUT2D eigenvalue weighted by atomic mass is 9.96. The molecule has 0 fully saturated rings. The Morgan fingerprint density at radius 2 is 2.10 bits per heavy atom. The highest BCUT2D eigenvalue weighted by Crippen LogP contribution is 2.36. The molecule has 0 bridgehead atoms. The van der Waals surface area contributed by atoms with Gasteiger partial charge in [0, 0.05) is 11.7 Å². The molecule has 1 aromatic heterocycles. The molecule has 3 rings (SSSR count). The predicted molar refractivity (Wildman–Crippen MR) is 85.9 cm³/mol. The first kappa shape index (κ1) is 14.1. The van der Waals surface area contributed by atoms with E-state index in [1.165, 1.54) is 11.3 Å². The van der Waals surface area contributed by atoms with Crippen LogP contribution in [0.4, 0.5) is 11.4 Å². The molecule has 0 aliphatic carbocycles. The van der Waals surface area contributed by atoms with Gasteiger partial charge in [0.2, 0.25) is 0 Å². The summed E-state index contributed by atoms with van der Waals surface area (Å²) in [6.07, 6.45) is 4.39. The minimum atomic E-state index is -0.467. The van der Waals surface area contributed by atoms with Crippen LogP contribution in [0.1, 0.15) is 44.1 Å². The van der Waals surface area contributed by atoms with E-state index < -0.39 is 6.10 Å². The van der Waals surface area contributed by atoms with Crippen molar-refractivity contribution in [3.63, 3.8) is 0 Å². The van der Waals surface area contributed by atoms with Gasteiger partial charge in [-0.2, -0.15) is 0 Å². The summed E-state index contributed by atoms with van der Waals surface area (Å²) in [4.78, 5) is 6.80. The Kier molecular flexibility index (Phi) is 3.93. The average Bonchev–Trinajstić information content (AvgIpc) is 2.54. The molecule has 110 valence electrons. The van der Waals surface area contributed by atoms with Crippen LogP contribution in [0.15, 0.2) is 42.6 Å². The molecule has 3 nitrogen and oxygen atoms in total. The van der Waals surface area contributed by atoms with Gasteiger partial charge in [-0.25, -0.2) is 0 Å². The van der Waals surface area contributed by atoms with E-state index in [4.69, 9.17) is 0 Å². The largest absolute Gasteiger partial charge is 0.387 e. The Morgan fingerprint density at radius 3 is 2.81 bits per heavy atom. The van der Waals surface area contributed by atoms with Crippen molar-refractivity contribution in [3.8, 4) is 0 Å². The Bertz CT molecular complexity index is 609. The van der Waals surface area contributed by atoms with E-state index in [1.807, 2.05) is 19.2 Å². The number of rotatable bonds is 3. The minimum Gasteiger partial charge on any atom is -0.387 e. The monoisotopic (exact) mass is 282 g/mol. The molecular formula is C18H22N2O. The molecule has 0 saturated heterocycles. The van der Waals surface area contributed by atoms with Crippen LogP contribution in [0.5, 0.6) is 0 Å². The van der Waals surface area contributed by atoms with Crippen LogP contribution in [0.2, 0.25) is 0 Å². The van der Waals surface area contributed by atoms with Crippen molar-refractivity contribution in [1.82, 2.24) is 4.98 Å². The maximum absolute atomic E-state index is 9.86. The molecule has 1 N–H and O–H groups in total. The van der Waals surface area contributed by atoms with E-state index in [0.29, 0.717) is 12.5 Å². The molecule has 1 aliphatic rings. The first-order valence-electron chi connectivity index (χ1n) is 7.72. The number of aromatic nitrogens is 1. The van der Waals surface area contributed by atoms with Gasteiger partial charge < -0.3 is 10.0 Å². The summed E-state index contributed by atoms with van der Waals surface area (Å²) < 4.78 is 0. The van der Waals surface area contributed by atoms with Crippen molar-refractivity contribution >= 4 is 11.4 Å². The predicted octanol–water partition coefficient (Wildman–Crippen LogP) is 4.00. The van der Waals surface area contributed by atoms with Gasteiger partial charge in [0.15, 0.2) is 0 Å². The zero-order valence-corrected chi connectivity index (χ0v) is 12.7. The fourth-order valence-corrected chi connectivity index (χ4v) is 3.03. The van der Waals surface area contributed by atoms with Crippen molar-refractivity contribution in [2.75, 3.05) is 4.90 Å². The average molecular weight is 282 g/mol. The van der Waals surface area contributed by atoms with Crippen LogP contribution in [0.3, 0.4) is 0 Å². The standard InChI is InChI=1S/C18H22N2O/c1-3-18(21)16-11-10-15(12-19-16)20-13(2)8-9-14-6-4-5-7-17(14)20/h4-7,10-13,18,21H,3,8-9H2,1-2H3. The Labute approximate surface area is 126 Å². The van der Waals surface area contributed by atoms with Crippen LogP contribution >= 0.6 is 0 Å². The van der Waals surface area contributed by atoms with Gasteiger partial charge >= 0.3 is 0 Å². The number of fused-ring (bicyclic) bond motifs is 1. The van der Waals surface area contributed by atoms with E-state index in [1.54, 1.807) is 0 Å². The van der Waals surface area contributed by atoms with Crippen molar-refractivity contribution in [1.29, 1.82) is 0 Å². The maximum atomic E-state index is 9.86. The molecule has 2 heterocycles. The SMILES string of the molecule is CCC(O)c1ccc(N2c3ccccc3CCC2C)cn1. The summed E-state index contributed by atoms with van der Waals surface area (Å²) in [5.74, 6) is 0. The highest BCUT2D eigenvalue weighted by atomic mass is 16.3. The topological polar surface area (TPSA) is 36.4 Å². The van der Waals surface area contributed by atoms with E-state index in [2.05, 4.69) is 47.1 Å². The zero-order chi connectivity index (χ0) is 14.8. The number of aryl methyl sites for hydroxylation is 1. The van der Waals surface area contributed by atoms with Gasteiger partial charge in [0.05, 0.1) is 23.7 Å². The van der Waals surface area contributed by atoms with E-state index in [9.17, 15) is 5.11 Å². The molecule has 2 unspecified atom stereocenters. The molecule has 1 aromatic carbocycles. The fourth-order valence-electron chi connectivity index (χ4n) is 3.03. The third-order valence-electron chi connectivity index (χ3n) is 4.30. The Hall–Kier alpha value is -1.87. The van der Waals surface area contributed by atoms with Gasteiger partial charge in [-0.1, -0.05) is 25.1 Å². The molecule has 2 atom stereocenters. The quantitative estimate of drug-likeness (QED) is 0.924. The second-order valence-corrected chi connectivity index (χ2v) is 5.75. The number of aliphatic hydroxyl groups is 1. The first-order chi connectivity index (χ1) is 10.2. The van der Waals surface area contributed by atoms with Crippen LogP contribution < -0.4 is 4.90 Å². The normalized spacial score (nSPS) is 19.2. The van der Waals surface area contributed by atoms with Crippen molar-refractivity contribution in [2.45, 2.75) is 45.3 Å². The smallest absolute Gasteiger partial charge is 0.0957 e. The number of hydrogen-bond acceptors (Lipinski definition) is 3. The van der Waals surface area contributed by atoms with Crippen LogP contribution in [-0.2, 0) is 6.42 Å². The molecular weight excluding hydrogens is 260 g/mol. The van der Waals surface area contributed by atoms with Crippen molar-refractivity contribution in [3.05, 3.63) is 53.9 Å². The number of pyridine rings is 1. The summed E-state index contributed by atoms with van der Waals surface area (Å²) >= 11 is 0. The molecule has 0 spiro atoms. The van der Waals surface area contributed by atoms with Gasteiger partial charge in [-0.3, -0.25) is 4.98 Å². The summed E-state index contributed by atoms with van der Waals surface area (Å²) in [6, 6.07) is 13.0. The van der Waals surface area contributed by atoms with Gasteiger partial charge in [-0.15, -0.1) is 0 Å². The molecule has 3 heteroatoms. The third kappa shape index (κ3) is 2.66. The van der Waals surface area contributed by atoms with Crippen LogP contribution in [0, 0.1) is 0 Å². The Balaban J connectivity index is 1.96. The number of anilines is 2. The van der Waals surface area contributed by atoms with Crippen molar-refractivity contribution < 1.29 is 5.11 Å². The third-order valence-corrected chi connectivity index (χ3v) is 4.30. The number of aliphatic hydroxyl groups excluding tert-OH is 1. The van der Waals surface area contributed by atoms with Gasteiger partial charge in [-0.05, 0) is 49.9 Å².